The van der Waals surface area contributed by atoms with Crippen LogP contribution in [0, 0.1) is 0 Å². The molecule has 0 radical (unpaired) electrons. The molecule has 0 aliphatic carbocycles. The van der Waals surface area contributed by atoms with Crippen molar-refractivity contribution in [1.82, 2.24) is 14.5 Å². The predicted molar refractivity (Wildman–Crippen MR) is 88.4 cm³/mol. The Hall–Kier alpha value is -1.17. The molecule has 2 rings (SSSR count). The summed E-state index contributed by atoms with van der Waals surface area (Å²) in [7, 11) is -3.64. The van der Waals surface area contributed by atoms with Gasteiger partial charge in [-0.2, -0.15) is 17.5 Å². The number of amides is 1. The van der Waals surface area contributed by atoms with Gasteiger partial charge in [-0.3, -0.25) is 9.69 Å². The fraction of sp³-hybridized carbons (Fsp3) is 0.500. The number of piperazine rings is 1. The first-order chi connectivity index (χ1) is 11.6. The number of nitrogens with one attached hydrogen (secondary N) is 1. The maximum atomic E-state index is 12.6. The summed E-state index contributed by atoms with van der Waals surface area (Å²) in [5.74, 6) is -0.736. The van der Waals surface area contributed by atoms with E-state index >= 15 is 0 Å². The van der Waals surface area contributed by atoms with Crippen molar-refractivity contribution in [2.75, 3.05) is 39.3 Å². The average Bonchev–Trinajstić information content (AvgIpc) is 2.53. The molecule has 1 saturated heterocycles. The summed E-state index contributed by atoms with van der Waals surface area (Å²) in [6.07, 6.45) is -4.45. The Kier molecular flexibility index (Phi) is 6.46. The van der Waals surface area contributed by atoms with Gasteiger partial charge in [-0.25, -0.2) is 8.42 Å². The summed E-state index contributed by atoms with van der Waals surface area (Å²) < 4.78 is 63.3. The van der Waals surface area contributed by atoms with E-state index in [9.17, 15) is 26.4 Å². The first-order valence-electron chi connectivity index (χ1n) is 7.39. The van der Waals surface area contributed by atoms with Gasteiger partial charge in [0.1, 0.15) is 6.54 Å². The molecule has 0 unspecified atom stereocenters. The van der Waals surface area contributed by atoms with Crippen molar-refractivity contribution in [3.05, 3.63) is 28.7 Å². The summed E-state index contributed by atoms with van der Waals surface area (Å²) >= 11 is 3.23. The lowest BCUT2D eigenvalue weighted by atomic mass is 10.3. The van der Waals surface area contributed by atoms with Crippen molar-refractivity contribution >= 4 is 31.9 Å². The molecule has 1 fully saturated rings. The molecule has 25 heavy (non-hydrogen) atoms. The van der Waals surface area contributed by atoms with Crippen molar-refractivity contribution in [3.63, 3.8) is 0 Å². The molecule has 11 heteroatoms. The maximum Gasteiger partial charge on any atom is 0.405 e. The van der Waals surface area contributed by atoms with E-state index in [1.54, 1.807) is 22.3 Å². The van der Waals surface area contributed by atoms with E-state index in [-0.39, 0.29) is 37.6 Å². The Morgan fingerprint density at radius 3 is 2.40 bits per heavy atom. The lowest BCUT2D eigenvalue weighted by Gasteiger charge is -2.33. The number of sulfonamides is 1. The minimum absolute atomic E-state index is 0.165. The van der Waals surface area contributed by atoms with Crippen LogP contribution in [-0.2, 0) is 14.8 Å². The van der Waals surface area contributed by atoms with Gasteiger partial charge in [0.15, 0.2) is 0 Å². The summed E-state index contributed by atoms with van der Waals surface area (Å²) in [4.78, 5) is 13.3. The van der Waals surface area contributed by atoms with E-state index in [1.165, 1.54) is 16.4 Å². The molecular formula is C14H17BrF3N3O3S. The van der Waals surface area contributed by atoms with Crippen LogP contribution >= 0.6 is 15.9 Å². The summed E-state index contributed by atoms with van der Waals surface area (Å²) in [6, 6.07) is 6.35. The van der Waals surface area contributed by atoms with Crippen LogP contribution in [0.4, 0.5) is 13.2 Å². The number of carbonyl (C=O) groups excluding carboxylic acids is 1. The third kappa shape index (κ3) is 5.94. The predicted octanol–water partition coefficient (Wildman–Crippen LogP) is 1.43. The van der Waals surface area contributed by atoms with Gasteiger partial charge >= 0.3 is 6.18 Å². The highest BCUT2D eigenvalue weighted by molar-refractivity contribution is 9.10. The van der Waals surface area contributed by atoms with Crippen molar-refractivity contribution in [2.24, 2.45) is 0 Å². The number of halogens is 4. The summed E-state index contributed by atoms with van der Waals surface area (Å²) in [5.41, 5.74) is 0. The third-order valence-electron chi connectivity index (χ3n) is 3.62. The van der Waals surface area contributed by atoms with Crippen LogP contribution in [-0.4, -0.2) is 69.0 Å². The molecule has 140 valence electrons. The Balaban J connectivity index is 1.88. The van der Waals surface area contributed by atoms with Gasteiger partial charge < -0.3 is 5.32 Å². The minimum Gasteiger partial charge on any atom is -0.346 e. The van der Waals surface area contributed by atoms with Gasteiger partial charge in [0.05, 0.1) is 11.4 Å². The standard InChI is InChI=1S/C14H17BrF3N3O3S/c15-11-2-1-3-12(8-11)25(23,24)21-6-4-20(5-7-21)9-13(22)19-10-14(16,17)18/h1-3,8H,4-7,9-10H2,(H,19,22). The Morgan fingerprint density at radius 2 is 1.84 bits per heavy atom. The van der Waals surface area contributed by atoms with E-state index in [4.69, 9.17) is 0 Å². The first kappa shape index (κ1) is 20.1. The Morgan fingerprint density at radius 1 is 1.20 bits per heavy atom. The van der Waals surface area contributed by atoms with Gasteiger partial charge in [0.2, 0.25) is 15.9 Å². The molecule has 0 aromatic heterocycles. The van der Waals surface area contributed by atoms with E-state index in [0.29, 0.717) is 4.47 Å². The molecule has 1 heterocycles. The SMILES string of the molecule is O=C(CN1CCN(S(=O)(=O)c2cccc(Br)c2)CC1)NCC(F)(F)F. The minimum atomic E-state index is -4.45. The fourth-order valence-corrected chi connectivity index (χ4v) is 4.38. The van der Waals surface area contributed by atoms with Gasteiger partial charge in [0, 0.05) is 30.7 Å². The molecule has 1 amide bonds. The molecule has 0 spiro atoms. The van der Waals surface area contributed by atoms with Crippen molar-refractivity contribution in [2.45, 2.75) is 11.1 Å². The Labute approximate surface area is 152 Å². The zero-order valence-corrected chi connectivity index (χ0v) is 15.5. The molecule has 1 aliphatic rings. The molecule has 6 nitrogen and oxygen atoms in total. The third-order valence-corrected chi connectivity index (χ3v) is 6.01. The van der Waals surface area contributed by atoms with Crippen LogP contribution in [0.2, 0.25) is 0 Å². The van der Waals surface area contributed by atoms with Crippen molar-refractivity contribution < 1.29 is 26.4 Å². The molecule has 1 aromatic rings. The van der Waals surface area contributed by atoms with Crippen LogP contribution in [0.3, 0.4) is 0 Å². The van der Waals surface area contributed by atoms with Crippen LogP contribution in [0.15, 0.2) is 33.6 Å². The van der Waals surface area contributed by atoms with E-state index in [1.807, 2.05) is 0 Å². The van der Waals surface area contributed by atoms with E-state index < -0.39 is 28.7 Å². The molecule has 1 aromatic carbocycles. The zero-order chi connectivity index (χ0) is 18.7. The lowest BCUT2D eigenvalue weighted by molar-refractivity contribution is -0.139. The highest BCUT2D eigenvalue weighted by Crippen LogP contribution is 2.21. The second kappa shape index (κ2) is 8.02. The maximum absolute atomic E-state index is 12.6. The normalized spacial score (nSPS) is 17.4. The second-order valence-electron chi connectivity index (χ2n) is 5.53. The van der Waals surface area contributed by atoms with Crippen LogP contribution in [0.5, 0.6) is 0 Å². The smallest absolute Gasteiger partial charge is 0.346 e. The van der Waals surface area contributed by atoms with Crippen molar-refractivity contribution in [3.8, 4) is 0 Å². The molecule has 0 saturated carbocycles. The largest absolute Gasteiger partial charge is 0.405 e. The molecule has 0 atom stereocenters. The van der Waals surface area contributed by atoms with Crippen LogP contribution < -0.4 is 5.32 Å². The van der Waals surface area contributed by atoms with Crippen LogP contribution in [0.25, 0.3) is 0 Å². The number of carbonyl (C=O) groups is 1. The number of rotatable bonds is 5. The van der Waals surface area contributed by atoms with Gasteiger partial charge in [-0.1, -0.05) is 22.0 Å². The Bertz CT molecular complexity index is 720. The molecule has 1 aliphatic heterocycles. The van der Waals surface area contributed by atoms with E-state index in [2.05, 4.69) is 15.9 Å². The number of alkyl halides is 3. The zero-order valence-electron chi connectivity index (χ0n) is 13.1. The van der Waals surface area contributed by atoms with Gasteiger partial charge in [0.25, 0.3) is 0 Å². The molecule has 1 N–H and O–H groups in total. The van der Waals surface area contributed by atoms with Gasteiger partial charge in [-0.05, 0) is 18.2 Å². The average molecular weight is 444 g/mol. The number of benzene rings is 1. The fourth-order valence-electron chi connectivity index (χ4n) is 2.36. The summed E-state index contributed by atoms with van der Waals surface area (Å²) in [5, 5.41) is 1.80. The number of nitrogens with zero attached hydrogens (tertiary/aromatic N) is 2. The lowest BCUT2D eigenvalue weighted by Crippen LogP contribution is -2.51. The number of hydrogen-bond acceptors (Lipinski definition) is 4. The van der Waals surface area contributed by atoms with Crippen LogP contribution in [0.1, 0.15) is 0 Å². The van der Waals surface area contributed by atoms with Gasteiger partial charge in [-0.15, -0.1) is 0 Å². The highest BCUT2D eigenvalue weighted by Gasteiger charge is 2.30. The second-order valence-corrected chi connectivity index (χ2v) is 8.38. The van der Waals surface area contributed by atoms with E-state index in [0.717, 1.165) is 0 Å². The quantitative estimate of drug-likeness (QED) is 0.747. The monoisotopic (exact) mass is 443 g/mol. The topological polar surface area (TPSA) is 69.7 Å². The highest BCUT2D eigenvalue weighted by atomic mass is 79.9. The molecule has 0 bridgehead atoms. The molecular weight excluding hydrogens is 427 g/mol. The number of hydrogen-bond donors (Lipinski definition) is 1. The first-order valence-corrected chi connectivity index (χ1v) is 9.63. The summed E-state index contributed by atoms with van der Waals surface area (Å²) in [6.45, 7) is -0.688. The van der Waals surface area contributed by atoms with Crippen molar-refractivity contribution in [1.29, 1.82) is 0 Å².